The predicted octanol–water partition coefficient (Wildman–Crippen LogP) is 3.90. The molecular formula is C25H31N5O. The number of nitriles is 1. The van der Waals surface area contributed by atoms with Crippen molar-refractivity contribution < 1.29 is 4.79 Å². The summed E-state index contributed by atoms with van der Waals surface area (Å²) in [5.41, 5.74) is 5.01. The van der Waals surface area contributed by atoms with E-state index in [1.54, 1.807) is 6.92 Å². The van der Waals surface area contributed by atoms with Gasteiger partial charge in [-0.3, -0.25) is 4.79 Å². The van der Waals surface area contributed by atoms with Crippen LogP contribution in [-0.2, 0) is 4.79 Å². The van der Waals surface area contributed by atoms with Crippen LogP contribution in [0.15, 0.2) is 42.5 Å². The Morgan fingerprint density at radius 2 is 1.90 bits per heavy atom. The lowest BCUT2D eigenvalue weighted by Crippen LogP contribution is -2.50. The molecule has 2 aromatic carbocycles. The zero-order valence-electron chi connectivity index (χ0n) is 18.6. The van der Waals surface area contributed by atoms with Crippen LogP contribution in [-0.4, -0.2) is 38.1 Å². The van der Waals surface area contributed by atoms with Crippen molar-refractivity contribution in [1.82, 2.24) is 5.32 Å². The Morgan fingerprint density at radius 3 is 2.52 bits per heavy atom. The number of anilines is 3. The van der Waals surface area contributed by atoms with E-state index >= 15 is 0 Å². The summed E-state index contributed by atoms with van der Waals surface area (Å²) in [6.07, 6.45) is 0.894. The summed E-state index contributed by atoms with van der Waals surface area (Å²) in [6.45, 7) is 9.97. The molecule has 0 aromatic heterocycles. The van der Waals surface area contributed by atoms with Crippen molar-refractivity contribution in [3.63, 3.8) is 0 Å². The van der Waals surface area contributed by atoms with Crippen molar-refractivity contribution in [1.29, 1.82) is 5.26 Å². The average Bonchev–Trinajstić information content (AvgIpc) is 2.81. The number of rotatable bonds is 4. The first-order chi connectivity index (χ1) is 15.0. The van der Waals surface area contributed by atoms with Crippen LogP contribution in [0.25, 0.3) is 0 Å². The normalized spacial score (nSPS) is 23.1. The number of nitrogens with zero attached hydrogens (tertiary/aromatic N) is 3. The van der Waals surface area contributed by atoms with Crippen LogP contribution in [0, 0.1) is 17.2 Å². The highest BCUT2D eigenvalue weighted by molar-refractivity contribution is 5.94. The number of piperazine rings is 1. The molecule has 6 nitrogen and oxygen atoms in total. The van der Waals surface area contributed by atoms with E-state index < -0.39 is 0 Å². The molecule has 1 amide bonds. The minimum atomic E-state index is 0.0753. The van der Waals surface area contributed by atoms with E-state index in [2.05, 4.69) is 53.6 Å². The van der Waals surface area contributed by atoms with Gasteiger partial charge in [0, 0.05) is 67.7 Å². The molecule has 0 bridgehead atoms. The largest absolute Gasteiger partial charge is 0.378 e. The first kappa shape index (κ1) is 21.2. The van der Waals surface area contributed by atoms with E-state index in [0.717, 1.165) is 49.5 Å². The molecule has 1 saturated heterocycles. The molecular weight excluding hydrogens is 386 g/mol. The zero-order valence-corrected chi connectivity index (χ0v) is 18.6. The fourth-order valence-electron chi connectivity index (χ4n) is 5.04. The number of hydrogen-bond acceptors (Lipinski definition) is 5. The quantitative estimate of drug-likeness (QED) is 0.789. The van der Waals surface area contributed by atoms with Crippen molar-refractivity contribution in [2.45, 2.75) is 39.3 Å². The van der Waals surface area contributed by atoms with Gasteiger partial charge in [-0.1, -0.05) is 13.8 Å². The van der Waals surface area contributed by atoms with Crippen LogP contribution in [0.3, 0.4) is 0 Å². The van der Waals surface area contributed by atoms with E-state index in [0.29, 0.717) is 5.56 Å². The van der Waals surface area contributed by atoms with Crippen molar-refractivity contribution in [2.24, 2.45) is 5.92 Å². The van der Waals surface area contributed by atoms with Gasteiger partial charge in [-0.2, -0.15) is 5.26 Å². The second-order valence-electron chi connectivity index (χ2n) is 8.52. The topological polar surface area (TPSA) is 71.4 Å². The average molecular weight is 418 g/mol. The van der Waals surface area contributed by atoms with E-state index in [1.807, 2.05) is 29.2 Å². The van der Waals surface area contributed by atoms with Gasteiger partial charge in [0.15, 0.2) is 0 Å². The van der Waals surface area contributed by atoms with Gasteiger partial charge >= 0.3 is 0 Å². The monoisotopic (exact) mass is 417 g/mol. The van der Waals surface area contributed by atoms with E-state index in [1.165, 1.54) is 5.69 Å². The zero-order chi connectivity index (χ0) is 22.0. The molecule has 6 heteroatoms. The summed E-state index contributed by atoms with van der Waals surface area (Å²) in [5, 5.41) is 16.2. The Morgan fingerprint density at radius 1 is 1.19 bits per heavy atom. The maximum atomic E-state index is 12.7. The summed E-state index contributed by atoms with van der Waals surface area (Å²) in [6, 6.07) is 16.5. The molecule has 31 heavy (non-hydrogen) atoms. The van der Waals surface area contributed by atoms with Crippen LogP contribution in [0.5, 0.6) is 0 Å². The first-order valence-electron chi connectivity index (χ1n) is 11.2. The van der Waals surface area contributed by atoms with Crippen molar-refractivity contribution in [2.75, 3.05) is 41.3 Å². The third-order valence-corrected chi connectivity index (χ3v) is 6.65. The third-order valence-electron chi connectivity index (χ3n) is 6.65. The summed E-state index contributed by atoms with van der Waals surface area (Å²) in [5.74, 6) is 0.321. The number of nitrogens with one attached hydrogen (secondary N) is 2. The van der Waals surface area contributed by atoms with Crippen LogP contribution in [0.1, 0.15) is 44.4 Å². The van der Waals surface area contributed by atoms with Gasteiger partial charge in [0.05, 0.1) is 17.7 Å². The molecule has 0 spiro atoms. The minimum Gasteiger partial charge on any atom is -0.378 e. The van der Waals surface area contributed by atoms with Crippen molar-refractivity contribution in [3.8, 4) is 6.07 Å². The van der Waals surface area contributed by atoms with Gasteiger partial charge in [0.1, 0.15) is 0 Å². The van der Waals surface area contributed by atoms with E-state index in [4.69, 9.17) is 5.26 Å². The molecule has 0 aliphatic carbocycles. The van der Waals surface area contributed by atoms with Crippen LogP contribution < -0.4 is 20.4 Å². The van der Waals surface area contributed by atoms with Gasteiger partial charge in [0.2, 0.25) is 5.91 Å². The Balaban J connectivity index is 1.76. The standard InChI is InChI=1S/C25H31N5O/c1-4-23-17(2)25(28-20-7-5-19(16-26)6-8-20)22-15-21(29-13-11-27-12-14-29)9-10-24(22)30(23)18(3)31/h5-10,15,17,23,25,27-28H,4,11-14H2,1-3H3. The molecule has 2 heterocycles. The lowest BCUT2D eigenvalue weighted by molar-refractivity contribution is -0.117. The summed E-state index contributed by atoms with van der Waals surface area (Å²) in [4.78, 5) is 17.0. The molecule has 2 N–H and O–H groups in total. The number of hydrogen-bond donors (Lipinski definition) is 2. The Kier molecular flexibility index (Phi) is 6.15. The van der Waals surface area contributed by atoms with E-state index in [9.17, 15) is 4.79 Å². The number of carbonyl (C=O) groups is 1. The molecule has 3 unspecified atom stereocenters. The molecule has 0 saturated carbocycles. The van der Waals surface area contributed by atoms with Crippen LogP contribution in [0.2, 0.25) is 0 Å². The highest BCUT2D eigenvalue weighted by Gasteiger charge is 2.39. The fourth-order valence-corrected chi connectivity index (χ4v) is 5.04. The molecule has 162 valence electrons. The first-order valence-corrected chi connectivity index (χ1v) is 11.2. The Hall–Kier alpha value is -3.04. The Bertz CT molecular complexity index is 974. The van der Waals surface area contributed by atoms with Gasteiger partial charge in [-0.15, -0.1) is 0 Å². The lowest BCUT2D eigenvalue weighted by atomic mass is 9.80. The summed E-state index contributed by atoms with van der Waals surface area (Å²) >= 11 is 0. The van der Waals surface area contributed by atoms with Gasteiger partial charge < -0.3 is 20.4 Å². The second-order valence-corrected chi connectivity index (χ2v) is 8.52. The third kappa shape index (κ3) is 4.11. The van der Waals surface area contributed by atoms with E-state index in [-0.39, 0.29) is 23.9 Å². The lowest BCUT2D eigenvalue weighted by Gasteiger charge is -2.46. The molecule has 1 fully saturated rings. The molecule has 2 aliphatic rings. The summed E-state index contributed by atoms with van der Waals surface area (Å²) in [7, 11) is 0. The van der Waals surface area contributed by atoms with Crippen LogP contribution in [0.4, 0.5) is 17.1 Å². The highest BCUT2D eigenvalue weighted by Crippen LogP contribution is 2.45. The van der Waals surface area contributed by atoms with Gasteiger partial charge in [0.25, 0.3) is 0 Å². The highest BCUT2D eigenvalue weighted by atomic mass is 16.2. The molecule has 2 aromatic rings. The molecule has 4 rings (SSSR count). The maximum Gasteiger partial charge on any atom is 0.224 e. The predicted molar refractivity (Wildman–Crippen MR) is 125 cm³/mol. The smallest absolute Gasteiger partial charge is 0.224 e. The van der Waals surface area contributed by atoms with Crippen molar-refractivity contribution in [3.05, 3.63) is 53.6 Å². The molecule has 0 radical (unpaired) electrons. The van der Waals surface area contributed by atoms with Gasteiger partial charge in [-0.05, 0) is 48.9 Å². The second kappa shape index (κ2) is 8.99. The number of amides is 1. The van der Waals surface area contributed by atoms with Gasteiger partial charge in [-0.25, -0.2) is 0 Å². The maximum absolute atomic E-state index is 12.7. The fraction of sp³-hybridized carbons (Fsp3) is 0.440. The number of carbonyl (C=O) groups excluding carboxylic acids is 1. The summed E-state index contributed by atoms with van der Waals surface area (Å²) < 4.78 is 0. The minimum absolute atomic E-state index is 0.0753. The molecule has 2 aliphatic heterocycles. The number of benzene rings is 2. The van der Waals surface area contributed by atoms with Crippen molar-refractivity contribution >= 4 is 23.0 Å². The SMILES string of the molecule is CCC1C(C)C(Nc2ccc(C#N)cc2)c2cc(N3CCNCC3)ccc2N1C(C)=O. The van der Waals surface area contributed by atoms with Crippen LogP contribution >= 0.6 is 0 Å². The molecule has 3 atom stereocenters. The number of fused-ring (bicyclic) bond motifs is 1. The Labute approximate surface area is 184 Å².